The largest absolute Gasteiger partial charge is 0.358 e. The second-order valence-electron chi connectivity index (χ2n) is 8.81. The van der Waals surface area contributed by atoms with E-state index < -0.39 is 5.82 Å². The van der Waals surface area contributed by atoms with Gasteiger partial charge in [0.2, 0.25) is 5.91 Å². The molecule has 166 valence electrons. The van der Waals surface area contributed by atoms with Gasteiger partial charge in [-0.3, -0.25) is 14.4 Å². The number of benzene rings is 1. The molecule has 3 N–H and O–H groups in total. The summed E-state index contributed by atoms with van der Waals surface area (Å²) in [6.45, 7) is 5.24. The summed E-state index contributed by atoms with van der Waals surface area (Å²) in [5, 5.41) is 5.81. The van der Waals surface area contributed by atoms with E-state index in [2.05, 4.69) is 15.6 Å². The fraction of sp³-hybridized carbons (Fsp3) is 0.375. The number of carbonyl (C=O) groups excluding carboxylic acids is 3. The molecular weight excluding hydrogens is 411 g/mol. The highest BCUT2D eigenvalue weighted by Gasteiger charge is 2.39. The molecule has 0 spiro atoms. The van der Waals surface area contributed by atoms with Crippen LogP contribution >= 0.6 is 0 Å². The second kappa shape index (κ2) is 7.62. The first-order valence-electron chi connectivity index (χ1n) is 10.9. The number of aryl methyl sites for hydroxylation is 1. The van der Waals surface area contributed by atoms with E-state index in [-0.39, 0.29) is 29.7 Å². The first-order chi connectivity index (χ1) is 15.3. The Labute approximate surface area is 185 Å². The van der Waals surface area contributed by atoms with Crippen molar-refractivity contribution >= 4 is 35.1 Å². The summed E-state index contributed by atoms with van der Waals surface area (Å²) in [6.07, 6.45) is 4.16. The molecular formula is C24H25FN4O3. The molecule has 32 heavy (non-hydrogen) atoms. The van der Waals surface area contributed by atoms with Crippen molar-refractivity contribution in [2.45, 2.75) is 39.2 Å². The number of hydrogen-bond donors (Lipinski definition) is 3. The first kappa shape index (κ1) is 20.5. The summed E-state index contributed by atoms with van der Waals surface area (Å²) in [6, 6.07) is 3.99. The summed E-state index contributed by atoms with van der Waals surface area (Å²) < 4.78 is 13.7. The Morgan fingerprint density at radius 2 is 2.00 bits per heavy atom. The fourth-order valence-corrected chi connectivity index (χ4v) is 4.88. The van der Waals surface area contributed by atoms with Gasteiger partial charge < -0.3 is 20.5 Å². The van der Waals surface area contributed by atoms with E-state index in [1.54, 1.807) is 13.0 Å². The Hall–Kier alpha value is -3.42. The predicted octanol–water partition coefficient (Wildman–Crippen LogP) is 3.00. The number of amides is 3. The van der Waals surface area contributed by atoms with E-state index in [9.17, 15) is 18.8 Å². The van der Waals surface area contributed by atoms with Crippen LogP contribution in [-0.4, -0.2) is 46.7 Å². The molecule has 0 radical (unpaired) electrons. The van der Waals surface area contributed by atoms with Gasteiger partial charge in [-0.05, 0) is 56.5 Å². The van der Waals surface area contributed by atoms with E-state index in [0.29, 0.717) is 39.3 Å². The number of H-pyrrole nitrogens is 1. The van der Waals surface area contributed by atoms with Crippen molar-refractivity contribution in [3.8, 4) is 0 Å². The van der Waals surface area contributed by atoms with Crippen molar-refractivity contribution in [2.24, 2.45) is 5.92 Å². The zero-order chi connectivity index (χ0) is 22.6. The molecule has 2 aliphatic heterocycles. The monoisotopic (exact) mass is 436 g/mol. The van der Waals surface area contributed by atoms with Crippen LogP contribution < -0.4 is 10.6 Å². The smallest absolute Gasteiger partial charge is 0.256 e. The third-order valence-electron chi connectivity index (χ3n) is 6.67. The minimum atomic E-state index is -0.422. The van der Waals surface area contributed by atoms with E-state index >= 15 is 0 Å². The van der Waals surface area contributed by atoms with Gasteiger partial charge >= 0.3 is 0 Å². The summed E-state index contributed by atoms with van der Waals surface area (Å²) in [5.41, 5.74) is 3.92. The molecule has 3 heterocycles. The van der Waals surface area contributed by atoms with Gasteiger partial charge in [0.25, 0.3) is 11.8 Å². The number of halogens is 1. The van der Waals surface area contributed by atoms with Crippen LogP contribution in [-0.2, 0) is 9.59 Å². The number of rotatable bonds is 4. The van der Waals surface area contributed by atoms with Gasteiger partial charge in [0.1, 0.15) is 5.82 Å². The molecule has 2 aromatic rings. The lowest BCUT2D eigenvalue weighted by atomic mass is 10.0. The molecule has 0 bridgehead atoms. The number of nitrogens with zero attached hydrogens (tertiary/aromatic N) is 1. The maximum Gasteiger partial charge on any atom is 0.256 e. The zero-order valence-electron chi connectivity index (χ0n) is 18.0. The van der Waals surface area contributed by atoms with Crippen molar-refractivity contribution in [2.75, 3.05) is 18.4 Å². The van der Waals surface area contributed by atoms with Gasteiger partial charge in [-0.25, -0.2) is 4.39 Å². The molecule has 1 aliphatic carbocycles. The van der Waals surface area contributed by atoms with Crippen LogP contribution in [0.3, 0.4) is 0 Å². The standard InChI is InChI=1S/C24H25FN4O3/c1-12-20(11-17-16-10-14(25)6-7-19(16)27-22(17)30)26-13(2)21(12)23(31)28-18-5-3-4-15(18)24(32)29-8-9-29/h6-7,10-11,15,18,26H,3-5,8-9H2,1-2H3,(H,27,30)(H,28,31)/t15-,18+/m0/s1. The summed E-state index contributed by atoms with van der Waals surface area (Å²) in [4.78, 5) is 43.1. The molecule has 8 heteroatoms. The van der Waals surface area contributed by atoms with Crippen molar-refractivity contribution in [3.05, 3.63) is 52.1 Å². The molecule has 3 amide bonds. The maximum absolute atomic E-state index is 13.7. The van der Waals surface area contributed by atoms with Crippen LogP contribution in [0.1, 0.15) is 52.1 Å². The molecule has 1 aromatic heterocycles. The van der Waals surface area contributed by atoms with Crippen LogP contribution in [0.25, 0.3) is 11.6 Å². The number of nitrogens with one attached hydrogen (secondary N) is 3. The molecule has 2 fully saturated rings. The lowest BCUT2D eigenvalue weighted by molar-refractivity contribution is -0.130. The van der Waals surface area contributed by atoms with Gasteiger partial charge in [-0.15, -0.1) is 0 Å². The topological polar surface area (TPSA) is 94.1 Å². The average molecular weight is 436 g/mol. The van der Waals surface area contributed by atoms with Crippen LogP contribution in [0.2, 0.25) is 0 Å². The number of aromatic nitrogens is 1. The maximum atomic E-state index is 13.7. The Kier molecular flexibility index (Phi) is 4.87. The number of fused-ring (bicyclic) bond motifs is 1. The molecule has 7 nitrogen and oxygen atoms in total. The third kappa shape index (κ3) is 3.49. The molecule has 5 rings (SSSR count). The van der Waals surface area contributed by atoms with E-state index in [1.165, 1.54) is 18.2 Å². The molecule has 0 unspecified atom stereocenters. The van der Waals surface area contributed by atoms with Crippen LogP contribution in [0.4, 0.5) is 10.1 Å². The number of anilines is 1. The third-order valence-corrected chi connectivity index (χ3v) is 6.67. The highest BCUT2D eigenvalue weighted by Crippen LogP contribution is 2.35. The highest BCUT2D eigenvalue weighted by molar-refractivity contribution is 6.34. The van der Waals surface area contributed by atoms with Gasteiger partial charge in [-0.2, -0.15) is 0 Å². The van der Waals surface area contributed by atoms with Gasteiger partial charge in [0, 0.05) is 41.8 Å². The second-order valence-corrected chi connectivity index (χ2v) is 8.81. The Morgan fingerprint density at radius 3 is 2.75 bits per heavy atom. The van der Waals surface area contributed by atoms with Crippen molar-refractivity contribution in [1.29, 1.82) is 0 Å². The molecule has 3 aliphatic rings. The summed E-state index contributed by atoms with van der Waals surface area (Å²) >= 11 is 0. The van der Waals surface area contributed by atoms with Crippen LogP contribution in [0.5, 0.6) is 0 Å². The zero-order valence-corrected chi connectivity index (χ0v) is 18.0. The van der Waals surface area contributed by atoms with E-state index in [1.807, 2.05) is 11.8 Å². The lowest BCUT2D eigenvalue weighted by Crippen LogP contribution is -2.42. The molecule has 1 aromatic carbocycles. The van der Waals surface area contributed by atoms with Crippen LogP contribution in [0, 0.1) is 25.6 Å². The van der Waals surface area contributed by atoms with Gasteiger partial charge in [0.15, 0.2) is 0 Å². The Morgan fingerprint density at radius 1 is 1.22 bits per heavy atom. The minimum Gasteiger partial charge on any atom is -0.358 e. The summed E-state index contributed by atoms with van der Waals surface area (Å²) in [5.74, 6) is -0.979. The summed E-state index contributed by atoms with van der Waals surface area (Å²) in [7, 11) is 0. The first-order valence-corrected chi connectivity index (χ1v) is 10.9. The number of hydrogen-bond acceptors (Lipinski definition) is 3. The minimum absolute atomic E-state index is 0.138. The van der Waals surface area contributed by atoms with E-state index in [0.717, 1.165) is 32.4 Å². The molecule has 1 saturated heterocycles. The SMILES string of the molecule is Cc1[nH]c(C=C2C(=O)Nc3ccc(F)cc32)c(C)c1C(=O)N[C@@H]1CCC[C@@H]1C(=O)N1CC1. The molecule has 2 atom stereocenters. The number of aromatic amines is 1. The van der Waals surface area contributed by atoms with Crippen molar-refractivity contribution < 1.29 is 18.8 Å². The van der Waals surface area contributed by atoms with Crippen LogP contribution in [0.15, 0.2) is 18.2 Å². The van der Waals surface area contributed by atoms with E-state index in [4.69, 9.17) is 0 Å². The Bertz CT molecular complexity index is 1180. The normalized spacial score (nSPS) is 22.8. The average Bonchev–Trinajstić information content (AvgIpc) is 3.34. The highest BCUT2D eigenvalue weighted by atomic mass is 19.1. The van der Waals surface area contributed by atoms with Gasteiger partial charge in [0.05, 0.1) is 17.1 Å². The van der Waals surface area contributed by atoms with Crippen molar-refractivity contribution in [1.82, 2.24) is 15.2 Å². The van der Waals surface area contributed by atoms with Crippen molar-refractivity contribution in [3.63, 3.8) is 0 Å². The van der Waals surface area contributed by atoms with Gasteiger partial charge in [-0.1, -0.05) is 6.42 Å². The predicted molar refractivity (Wildman–Crippen MR) is 118 cm³/mol. The number of carbonyl (C=O) groups is 3. The fourth-order valence-electron chi connectivity index (χ4n) is 4.88. The quantitative estimate of drug-likeness (QED) is 0.508. The Balaban J connectivity index is 1.41. The lowest BCUT2D eigenvalue weighted by Gasteiger charge is -2.20. The molecule has 1 saturated carbocycles.